The van der Waals surface area contributed by atoms with Crippen molar-refractivity contribution in [1.29, 1.82) is 0 Å². The monoisotopic (exact) mass is 221 g/mol. The summed E-state index contributed by atoms with van der Waals surface area (Å²) in [5.74, 6) is 0.844. The lowest BCUT2D eigenvalue weighted by Gasteiger charge is -2.18. The van der Waals surface area contributed by atoms with E-state index in [0.29, 0.717) is 0 Å². The van der Waals surface area contributed by atoms with Gasteiger partial charge in [-0.05, 0) is 25.9 Å². The Balaban J connectivity index is 2.18. The molecule has 2 rings (SSSR count). The van der Waals surface area contributed by atoms with E-state index in [-0.39, 0.29) is 6.61 Å². The van der Waals surface area contributed by atoms with Crippen LogP contribution in [0.5, 0.6) is 5.75 Å². The molecule has 0 aliphatic carbocycles. The van der Waals surface area contributed by atoms with E-state index in [9.17, 15) is 5.11 Å². The highest BCUT2D eigenvalue weighted by molar-refractivity contribution is 5.41. The molecule has 1 saturated heterocycles. The number of rotatable bonds is 4. The summed E-state index contributed by atoms with van der Waals surface area (Å²) in [6, 6.07) is 5.97. The number of nitrogens with zero attached hydrogens (tertiary/aromatic N) is 1. The topological polar surface area (TPSA) is 32.7 Å². The molecule has 1 N–H and O–H groups in total. The Morgan fingerprint density at radius 1 is 1.25 bits per heavy atom. The van der Waals surface area contributed by atoms with Crippen molar-refractivity contribution >= 4 is 0 Å². The van der Waals surface area contributed by atoms with Gasteiger partial charge in [-0.3, -0.25) is 4.90 Å². The molecule has 1 aliphatic heterocycles. The first kappa shape index (κ1) is 11.4. The second kappa shape index (κ2) is 5.32. The number of likely N-dealkylation sites (tertiary alicyclic amines) is 1. The van der Waals surface area contributed by atoms with Gasteiger partial charge in [-0.2, -0.15) is 0 Å². The van der Waals surface area contributed by atoms with Crippen molar-refractivity contribution in [3.05, 3.63) is 29.3 Å². The van der Waals surface area contributed by atoms with E-state index in [1.54, 1.807) is 7.11 Å². The number of para-hydroxylation sites is 1. The van der Waals surface area contributed by atoms with E-state index in [4.69, 9.17) is 4.74 Å². The third kappa shape index (κ3) is 2.36. The first-order chi connectivity index (χ1) is 7.85. The average Bonchev–Trinajstić information content (AvgIpc) is 2.81. The molecule has 0 unspecified atom stereocenters. The van der Waals surface area contributed by atoms with Gasteiger partial charge < -0.3 is 9.84 Å². The normalized spacial score (nSPS) is 16.6. The molecule has 1 aromatic rings. The van der Waals surface area contributed by atoms with E-state index in [1.807, 2.05) is 12.1 Å². The van der Waals surface area contributed by atoms with E-state index in [0.717, 1.165) is 17.9 Å². The van der Waals surface area contributed by atoms with Crippen LogP contribution in [-0.2, 0) is 13.2 Å². The van der Waals surface area contributed by atoms with Gasteiger partial charge in [0.15, 0.2) is 0 Å². The van der Waals surface area contributed by atoms with Crippen LogP contribution in [0.4, 0.5) is 0 Å². The maximum atomic E-state index is 9.24. The summed E-state index contributed by atoms with van der Waals surface area (Å²) in [7, 11) is 1.67. The molecule has 0 aromatic heterocycles. The van der Waals surface area contributed by atoms with Crippen LogP contribution in [0, 0.1) is 0 Å². The number of aliphatic hydroxyl groups excluding tert-OH is 1. The summed E-state index contributed by atoms with van der Waals surface area (Å²) < 4.78 is 5.39. The maximum Gasteiger partial charge on any atom is 0.128 e. The lowest BCUT2D eigenvalue weighted by Crippen LogP contribution is -2.19. The Morgan fingerprint density at radius 3 is 2.56 bits per heavy atom. The third-order valence-electron chi connectivity index (χ3n) is 3.15. The number of hydrogen-bond acceptors (Lipinski definition) is 3. The van der Waals surface area contributed by atoms with E-state index in [2.05, 4.69) is 11.0 Å². The van der Waals surface area contributed by atoms with Crippen LogP contribution < -0.4 is 4.74 Å². The first-order valence-electron chi connectivity index (χ1n) is 5.83. The average molecular weight is 221 g/mol. The highest BCUT2D eigenvalue weighted by Gasteiger charge is 2.15. The van der Waals surface area contributed by atoms with Crippen molar-refractivity contribution in [1.82, 2.24) is 4.90 Å². The molecule has 0 spiro atoms. The molecule has 16 heavy (non-hydrogen) atoms. The molecule has 0 atom stereocenters. The number of hydrogen-bond donors (Lipinski definition) is 1. The van der Waals surface area contributed by atoms with Gasteiger partial charge in [0.05, 0.1) is 13.7 Å². The van der Waals surface area contributed by atoms with Crippen molar-refractivity contribution in [3.63, 3.8) is 0 Å². The number of methoxy groups -OCH3 is 1. The molecular formula is C13H19NO2. The molecule has 1 fully saturated rings. The second-order valence-electron chi connectivity index (χ2n) is 4.25. The zero-order chi connectivity index (χ0) is 11.4. The summed E-state index contributed by atoms with van der Waals surface area (Å²) in [6.45, 7) is 3.31. The number of ether oxygens (including phenoxy) is 1. The van der Waals surface area contributed by atoms with Gasteiger partial charge in [-0.25, -0.2) is 0 Å². The van der Waals surface area contributed by atoms with Gasteiger partial charge in [-0.1, -0.05) is 18.2 Å². The van der Waals surface area contributed by atoms with Crippen molar-refractivity contribution < 1.29 is 9.84 Å². The summed E-state index contributed by atoms with van der Waals surface area (Å²) in [6.07, 6.45) is 2.59. The fourth-order valence-electron chi connectivity index (χ4n) is 2.33. The van der Waals surface area contributed by atoms with Gasteiger partial charge in [-0.15, -0.1) is 0 Å². The predicted molar refractivity (Wildman–Crippen MR) is 63.4 cm³/mol. The van der Waals surface area contributed by atoms with Crippen LogP contribution in [-0.4, -0.2) is 30.2 Å². The first-order valence-corrected chi connectivity index (χ1v) is 5.83. The van der Waals surface area contributed by atoms with Crippen LogP contribution in [0.3, 0.4) is 0 Å². The van der Waals surface area contributed by atoms with Crippen LogP contribution in [0.2, 0.25) is 0 Å². The highest BCUT2D eigenvalue weighted by Crippen LogP contribution is 2.26. The minimum atomic E-state index is 0.0387. The SMILES string of the molecule is COc1c(CO)cccc1CN1CCCC1. The molecule has 0 bridgehead atoms. The van der Waals surface area contributed by atoms with Gasteiger partial charge in [0, 0.05) is 17.7 Å². The van der Waals surface area contributed by atoms with Gasteiger partial charge in [0.25, 0.3) is 0 Å². The fourth-order valence-corrected chi connectivity index (χ4v) is 2.33. The standard InChI is InChI=1S/C13H19NO2/c1-16-13-11(5-4-6-12(13)10-15)9-14-7-2-3-8-14/h4-6,15H,2-3,7-10H2,1H3. The summed E-state index contributed by atoms with van der Waals surface area (Å²) in [4.78, 5) is 2.43. The lowest BCUT2D eigenvalue weighted by molar-refractivity contribution is 0.271. The predicted octanol–water partition coefficient (Wildman–Crippen LogP) is 1.78. The molecule has 1 heterocycles. The summed E-state index contributed by atoms with van der Waals surface area (Å²) in [5, 5.41) is 9.24. The van der Waals surface area contributed by atoms with E-state index >= 15 is 0 Å². The van der Waals surface area contributed by atoms with Crippen LogP contribution in [0.1, 0.15) is 24.0 Å². The Morgan fingerprint density at radius 2 is 1.94 bits per heavy atom. The van der Waals surface area contributed by atoms with Crippen molar-refractivity contribution in [2.24, 2.45) is 0 Å². The van der Waals surface area contributed by atoms with Gasteiger partial charge >= 0.3 is 0 Å². The molecule has 0 saturated carbocycles. The van der Waals surface area contributed by atoms with E-state index in [1.165, 1.54) is 31.5 Å². The molecule has 88 valence electrons. The molecule has 3 heteroatoms. The minimum Gasteiger partial charge on any atom is -0.496 e. The molecule has 0 amide bonds. The summed E-state index contributed by atoms with van der Waals surface area (Å²) in [5.41, 5.74) is 2.05. The Bertz CT molecular complexity index is 346. The smallest absolute Gasteiger partial charge is 0.128 e. The molecular weight excluding hydrogens is 202 g/mol. The molecule has 1 aromatic carbocycles. The van der Waals surface area contributed by atoms with Gasteiger partial charge in [0.1, 0.15) is 5.75 Å². The minimum absolute atomic E-state index is 0.0387. The fraction of sp³-hybridized carbons (Fsp3) is 0.538. The van der Waals surface area contributed by atoms with Gasteiger partial charge in [0.2, 0.25) is 0 Å². The number of benzene rings is 1. The van der Waals surface area contributed by atoms with Crippen molar-refractivity contribution in [2.45, 2.75) is 26.0 Å². The Kier molecular flexibility index (Phi) is 3.80. The van der Waals surface area contributed by atoms with Crippen LogP contribution >= 0.6 is 0 Å². The molecule has 1 aliphatic rings. The molecule has 3 nitrogen and oxygen atoms in total. The summed E-state index contributed by atoms with van der Waals surface area (Å²) >= 11 is 0. The Hall–Kier alpha value is -1.06. The quantitative estimate of drug-likeness (QED) is 0.841. The number of aliphatic hydroxyl groups is 1. The largest absolute Gasteiger partial charge is 0.496 e. The Labute approximate surface area is 96.6 Å². The van der Waals surface area contributed by atoms with Crippen molar-refractivity contribution in [3.8, 4) is 5.75 Å². The zero-order valence-corrected chi connectivity index (χ0v) is 9.78. The molecule has 0 radical (unpaired) electrons. The van der Waals surface area contributed by atoms with Crippen LogP contribution in [0.15, 0.2) is 18.2 Å². The third-order valence-corrected chi connectivity index (χ3v) is 3.15. The zero-order valence-electron chi connectivity index (χ0n) is 9.78. The second-order valence-corrected chi connectivity index (χ2v) is 4.25. The lowest BCUT2D eigenvalue weighted by atomic mass is 10.1. The van der Waals surface area contributed by atoms with Crippen LogP contribution in [0.25, 0.3) is 0 Å². The highest BCUT2D eigenvalue weighted by atomic mass is 16.5. The van der Waals surface area contributed by atoms with E-state index < -0.39 is 0 Å². The van der Waals surface area contributed by atoms with Crippen molar-refractivity contribution in [2.75, 3.05) is 20.2 Å². The maximum absolute atomic E-state index is 9.24.